The van der Waals surface area contributed by atoms with Gasteiger partial charge in [0.2, 0.25) is 5.91 Å². The number of amides is 1. The van der Waals surface area contributed by atoms with Gasteiger partial charge in [0.15, 0.2) is 0 Å². The Bertz CT molecular complexity index is 442. The molecule has 1 aliphatic heterocycles. The maximum absolute atomic E-state index is 11.9. The van der Waals surface area contributed by atoms with Crippen LogP contribution in [0.25, 0.3) is 0 Å². The van der Waals surface area contributed by atoms with Gasteiger partial charge in [0, 0.05) is 32.7 Å². The van der Waals surface area contributed by atoms with Crippen molar-refractivity contribution in [1.29, 1.82) is 0 Å². The van der Waals surface area contributed by atoms with Crippen LogP contribution < -0.4 is 11.5 Å². The second-order valence-electron chi connectivity index (χ2n) is 5.41. The second-order valence-corrected chi connectivity index (χ2v) is 5.41. The Morgan fingerprint density at radius 2 is 1.70 bits per heavy atom. The van der Waals surface area contributed by atoms with Crippen LogP contribution in [0.3, 0.4) is 0 Å². The highest BCUT2D eigenvalue weighted by Crippen LogP contribution is 2.20. The van der Waals surface area contributed by atoms with Crippen molar-refractivity contribution >= 4 is 5.91 Å². The van der Waals surface area contributed by atoms with Crippen LogP contribution >= 0.6 is 0 Å². The number of hydrogen-bond acceptors (Lipinski definition) is 4. The fraction of sp³-hybridized carbons (Fsp3) is 0.533. The Labute approximate surface area is 120 Å². The molecule has 0 saturated carbocycles. The topological polar surface area (TPSA) is 75.6 Å². The van der Waals surface area contributed by atoms with Crippen molar-refractivity contribution in [3.05, 3.63) is 35.9 Å². The molecule has 1 aliphatic rings. The van der Waals surface area contributed by atoms with Crippen molar-refractivity contribution in [2.45, 2.75) is 12.5 Å². The van der Waals surface area contributed by atoms with Gasteiger partial charge in [0.05, 0.1) is 0 Å². The number of nitrogens with zero attached hydrogens (tertiary/aromatic N) is 2. The molecule has 110 valence electrons. The molecule has 0 aromatic heterocycles. The lowest BCUT2D eigenvalue weighted by Crippen LogP contribution is -2.59. The summed E-state index contributed by atoms with van der Waals surface area (Å²) in [5, 5.41) is 0. The SMILES string of the molecule is CCN1CCN(CC(N)(C(N)=O)c2ccccc2)CC1. The number of carbonyl (C=O) groups excluding carboxylic acids is 1. The van der Waals surface area contributed by atoms with E-state index in [4.69, 9.17) is 11.5 Å². The van der Waals surface area contributed by atoms with Gasteiger partial charge in [0.25, 0.3) is 0 Å². The zero-order valence-electron chi connectivity index (χ0n) is 12.1. The van der Waals surface area contributed by atoms with E-state index in [1.165, 1.54) is 0 Å². The molecule has 0 spiro atoms. The minimum Gasteiger partial charge on any atom is -0.368 e. The Morgan fingerprint density at radius 1 is 1.15 bits per heavy atom. The Hall–Kier alpha value is -1.43. The average Bonchev–Trinajstić information content (AvgIpc) is 2.48. The van der Waals surface area contributed by atoms with Gasteiger partial charge < -0.3 is 16.4 Å². The summed E-state index contributed by atoms with van der Waals surface area (Å²) in [5.74, 6) is -0.471. The van der Waals surface area contributed by atoms with Crippen LogP contribution in [0.1, 0.15) is 12.5 Å². The monoisotopic (exact) mass is 276 g/mol. The molecular weight excluding hydrogens is 252 g/mol. The first-order chi connectivity index (χ1) is 9.56. The maximum Gasteiger partial charge on any atom is 0.243 e. The molecule has 1 atom stereocenters. The van der Waals surface area contributed by atoms with Gasteiger partial charge in [-0.15, -0.1) is 0 Å². The zero-order chi connectivity index (χ0) is 14.6. The summed E-state index contributed by atoms with van der Waals surface area (Å²) in [4.78, 5) is 16.5. The lowest BCUT2D eigenvalue weighted by atomic mass is 9.89. The Balaban J connectivity index is 2.09. The number of benzene rings is 1. The Morgan fingerprint density at radius 3 is 2.20 bits per heavy atom. The van der Waals surface area contributed by atoms with Crippen molar-refractivity contribution in [2.75, 3.05) is 39.3 Å². The molecule has 1 saturated heterocycles. The summed E-state index contributed by atoms with van der Waals surface area (Å²) in [5.41, 5.74) is 11.6. The van der Waals surface area contributed by atoms with Crippen molar-refractivity contribution in [3.63, 3.8) is 0 Å². The molecule has 5 heteroatoms. The molecule has 1 amide bonds. The van der Waals surface area contributed by atoms with Crippen LogP contribution in [0.2, 0.25) is 0 Å². The first kappa shape index (κ1) is 15.0. The van der Waals surface area contributed by atoms with E-state index in [0.717, 1.165) is 38.3 Å². The van der Waals surface area contributed by atoms with E-state index >= 15 is 0 Å². The van der Waals surface area contributed by atoms with E-state index in [1.54, 1.807) is 0 Å². The summed E-state index contributed by atoms with van der Waals surface area (Å²) in [6.45, 7) is 7.58. The van der Waals surface area contributed by atoms with Crippen LogP contribution in [-0.4, -0.2) is 55.0 Å². The highest BCUT2D eigenvalue weighted by molar-refractivity contribution is 5.86. The molecule has 1 aromatic carbocycles. The lowest BCUT2D eigenvalue weighted by Gasteiger charge is -2.38. The van der Waals surface area contributed by atoms with Crippen molar-refractivity contribution in [3.8, 4) is 0 Å². The smallest absolute Gasteiger partial charge is 0.243 e. The average molecular weight is 276 g/mol. The van der Waals surface area contributed by atoms with Crippen molar-refractivity contribution in [2.24, 2.45) is 11.5 Å². The van der Waals surface area contributed by atoms with Crippen LogP contribution in [0, 0.1) is 0 Å². The molecule has 0 aliphatic carbocycles. The summed E-state index contributed by atoms with van der Waals surface area (Å²) < 4.78 is 0. The van der Waals surface area contributed by atoms with Gasteiger partial charge in [0.1, 0.15) is 5.54 Å². The van der Waals surface area contributed by atoms with E-state index in [1.807, 2.05) is 30.3 Å². The van der Waals surface area contributed by atoms with E-state index < -0.39 is 11.4 Å². The fourth-order valence-corrected chi connectivity index (χ4v) is 2.66. The number of piperazine rings is 1. The van der Waals surface area contributed by atoms with Gasteiger partial charge >= 0.3 is 0 Å². The van der Waals surface area contributed by atoms with Gasteiger partial charge in [-0.1, -0.05) is 37.3 Å². The summed E-state index contributed by atoms with van der Waals surface area (Å²) in [6.07, 6.45) is 0. The van der Waals surface area contributed by atoms with Crippen LogP contribution in [-0.2, 0) is 10.3 Å². The van der Waals surface area contributed by atoms with Crippen LogP contribution in [0.15, 0.2) is 30.3 Å². The highest BCUT2D eigenvalue weighted by Gasteiger charge is 2.36. The molecule has 1 aromatic rings. The largest absolute Gasteiger partial charge is 0.368 e. The van der Waals surface area contributed by atoms with Crippen molar-refractivity contribution in [1.82, 2.24) is 9.80 Å². The third kappa shape index (κ3) is 3.17. The fourth-order valence-electron chi connectivity index (χ4n) is 2.66. The molecule has 20 heavy (non-hydrogen) atoms. The maximum atomic E-state index is 11.9. The predicted molar refractivity (Wildman–Crippen MR) is 80.1 cm³/mol. The molecule has 4 N–H and O–H groups in total. The minimum atomic E-state index is -1.12. The third-order valence-corrected chi connectivity index (χ3v) is 4.11. The van der Waals surface area contributed by atoms with Crippen molar-refractivity contribution < 1.29 is 4.79 Å². The molecule has 1 fully saturated rings. The third-order valence-electron chi connectivity index (χ3n) is 4.11. The highest BCUT2D eigenvalue weighted by atomic mass is 16.1. The number of hydrogen-bond donors (Lipinski definition) is 2. The number of nitrogens with two attached hydrogens (primary N) is 2. The molecule has 2 rings (SSSR count). The number of primary amides is 1. The summed E-state index contributed by atoms with van der Waals surface area (Å²) in [6, 6.07) is 9.41. The number of carbonyl (C=O) groups is 1. The quantitative estimate of drug-likeness (QED) is 0.791. The van der Waals surface area contributed by atoms with Gasteiger partial charge in [-0.3, -0.25) is 9.69 Å². The van der Waals surface area contributed by atoms with E-state index in [0.29, 0.717) is 6.54 Å². The second kappa shape index (κ2) is 6.35. The van der Waals surface area contributed by atoms with Crippen LogP contribution in [0.5, 0.6) is 0 Å². The number of rotatable bonds is 5. The van der Waals surface area contributed by atoms with Gasteiger partial charge in [-0.2, -0.15) is 0 Å². The molecule has 0 bridgehead atoms. The first-order valence-electron chi connectivity index (χ1n) is 7.15. The van der Waals surface area contributed by atoms with E-state index in [-0.39, 0.29) is 0 Å². The van der Waals surface area contributed by atoms with E-state index in [2.05, 4.69) is 16.7 Å². The Kier molecular flexibility index (Phi) is 4.75. The molecule has 1 unspecified atom stereocenters. The predicted octanol–water partition coefficient (Wildman–Crippen LogP) is -0.0366. The molecular formula is C15H24N4O. The summed E-state index contributed by atoms with van der Waals surface area (Å²) >= 11 is 0. The first-order valence-corrected chi connectivity index (χ1v) is 7.15. The van der Waals surface area contributed by atoms with Gasteiger partial charge in [-0.05, 0) is 12.1 Å². The molecule has 5 nitrogen and oxygen atoms in total. The normalized spacial score (nSPS) is 20.5. The van der Waals surface area contributed by atoms with Crippen LogP contribution in [0.4, 0.5) is 0 Å². The van der Waals surface area contributed by atoms with E-state index in [9.17, 15) is 4.79 Å². The standard InChI is InChI=1S/C15H24N4O/c1-2-18-8-10-19(11-9-18)12-15(17,14(16)20)13-6-4-3-5-7-13/h3-7H,2,8-12,17H2,1H3,(H2,16,20). The molecule has 1 heterocycles. The summed E-state index contributed by atoms with van der Waals surface area (Å²) in [7, 11) is 0. The van der Waals surface area contributed by atoms with Gasteiger partial charge in [-0.25, -0.2) is 0 Å². The number of likely N-dealkylation sites (N-methyl/N-ethyl adjacent to an activating group) is 1. The minimum absolute atomic E-state index is 0.471. The zero-order valence-corrected chi connectivity index (χ0v) is 12.1. The lowest BCUT2D eigenvalue weighted by molar-refractivity contribution is -0.124. The molecule has 0 radical (unpaired) electrons.